The number of hydrogen-bond donors (Lipinski definition) is 2. The predicted octanol–water partition coefficient (Wildman–Crippen LogP) is 2.43. The highest BCUT2D eigenvalue weighted by molar-refractivity contribution is 5.93. The summed E-state index contributed by atoms with van der Waals surface area (Å²) in [6, 6.07) is 12.0. The molecule has 0 bridgehead atoms. The second-order valence-electron chi connectivity index (χ2n) is 5.47. The number of benzene rings is 2. The summed E-state index contributed by atoms with van der Waals surface area (Å²) in [5.74, 6) is -0.614. The van der Waals surface area contributed by atoms with Gasteiger partial charge in [0.1, 0.15) is 6.54 Å². The quantitative estimate of drug-likeness (QED) is 0.550. The van der Waals surface area contributed by atoms with E-state index in [-0.39, 0.29) is 18.4 Å². The van der Waals surface area contributed by atoms with Crippen molar-refractivity contribution in [1.82, 2.24) is 9.78 Å². The number of aromatic nitrogens is 2. The number of fused-ring (bicyclic) bond motifs is 1. The van der Waals surface area contributed by atoms with Gasteiger partial charge in [0.25, 0.3) is 0 Å². The SMILES string of the molecule is CCOC(=O)c1ccc(NC(=O)Cn2ncc3ccc(N)cc32)cc1. The van der Waals surface area contributed by atoms with Crippen molar-refractivity contribution in [3.63, 3.8) is 0 Å². The van der Waals surface area contributed by atoms with Crippen LogP contribution in [0.5, 0.6) is 0 Å². The molecule has 1 amide bonds. The van der Waals surface area contributed by atoms with Crippen molar-refractivity contribution >= 4 is 34.2 Å². The Morgan fingerprint density at radius 3 is 2.68 bits per heavy atom. The maximum atomic E-state index is 12.2. The topological polar surface area (TPSA) is 99.2 Å². The van der Waals surface area contributed by atoms with Crippen molar-refractivity contribution in [2.24, 2.45) is 0 Å². The van der Waals surface area contributed by atoms with E-state index in [0.29, 0.717) is 23.5 Å². The van der Waals surface area contributed by atoms with E-state index in [0.717, 1.165) is 10.9 Å². The van der Waals surface area contributed by atoms with Crippen molar-refractivity contribution in [2.75, 3.05) is 17.7 Å². The molecule has 2 aromatic carbocycles. The summed E-state index contributed by atoms with van der Waals surface area (Å²) < 4.78 is 6.51. The van der Waals surface area contributed by atoms with Crippen LogP contribution in [0.25, 0.3) is 10.9 Å². The number of nitrogens with zero attached hydrogens (tertiary/aromatic N) is 2. The van der Waals surface area contributed by atoms with Crippen molar-refractivity contribution in [3.8, 4) is 0 Å². The minimum absolute atomic E-state index is 0.0621. The molecule has 0 radical (unpaired) electrons. The molecule has 0 atom stereocenters. The molecular weight excluding hydrogens is 320 g/mol. The Morgan fingerprint density at radius 2 is 1.96 bits per heavy atom. The van der Waals surface area contributed by atoms with Crippen LogP contribution in [-0.2, 0) is 16.1 Å². The zero-order valence-electron chi connectivity index (χ0n) is 13.7. The van der Waals surface area contributed by atoms with Gasteiger partial charge in [-0.2, -0.15) is 5.10 Å². The van der Waals surface area contributed by atoms with E-state index in [1.54, 1.807) is 54.2 Å². The average molecular weight is 338 g/mol. The third kappa shape index (κ3) is 3.77. The fourth-order valence-corrected chi connectivity index (χ4v) is 2.45. The Kier molecular flexibility index (Phi) is 4.65. The number of esters is 1. The maximum Gasteiger partial charge on any atom is 0.338 e. The number of carbonyl (C=O) groups is 2. The largest absolute Gasteiger partial charge is 0.462 e. The normalized spacial score (nSPS) is 10.6. The van der Waals surface area contributed by atoms with Crippen molar-refractivity contribution in [2.45, 2.75) is 13.5 Å². The first-order valence-corrected chi connectivity index (χ1v) is 7.85. The number of nitrogens with two attached hydrogens (primary N) is 1. The van der Waals surface area contributed by atoms with Gasteiger partial charge in [0.05, 0.1) is 23.9 Å². The summed E-state index contributed by atoms with van der Waals surface area (Å²) in [5.41, 5.74) is 8.23. The zero-order valence-corrected chi connectivity index (χ0v) is 13.7. The number of rotatable bonds is 5. The van der Waals surface area contributed by atoms with Crippen LogP contribution in [0.15, 0.2) is 48.7 Å². The summed E-state index contributed by atoms with van der Waals surface area (Å²) in [7, 11) is 0. The lowest BCUT2D eigenvalue weighted by atomic mass is 10.2. The Bertz CT molecular complexity index is 916. The Hall–Kier alpha value is -3.35. The molecule has 3 N–H and O–H groups in total. The van der Waals surface area contributed by atoms with Crippen LogP contribution in [0, 0.1) is 0 Å². The average Bonchev–Trinajstić information content (AvgIpc) is 2.97. The smallest absolute Gasteiger partial charge is 0.338 e. The molecule has 3 aromatic rings. The first kappa shape index (κ1) is 16.5. The summed E-state index contributed by atoms with van der Waals surface area (Å²) in [6.45, 7) is 2.13. The fourth-order valence-electron chi connectivity index (χ4n) is 2.45. The summed E-state index contributed by atoms with van der Waals surface area (Å²) in [6.07, 6.45) is 1.69. The lowest BCUT2D eigenvalue weighted by Gasteiger charge is -2.07. The molecule has 0 fully saturated rings. The first-order valence-electron chi connectivity index (χ1n) is 7.85. The van der Waals surface area contributed by atoms with Crippen LogP contribution in [0.3, 0.4) is 0 Å². The number of anilines is 2. The van der Waals surface area contributed by atoms with Gasteiger partial charge in [-0.3, -0.25) is 9.48 Å². The Morgan fingerprint density at radius 1 is 1.20 bits per heavy atom. The molecule has 1 heterocycles. The van der Waals surface area contributed by atoms with E-state index in [1.165, 1.54) is 0 Å². The number of amides is 1. The highest BCUT2D eigenvalue weighted by Crippen LogP contribution is 2.17. The van der Waals surface area contributed by atoms with Crippen LogP contribution in [0.2, 0.25) is 0 Å². The third-order valence-corrected chi connectivity index (χ3v) is 3.64. The molecule has 0 saturated carbocycles. The Balaban J connectivity index is 1.67. The third-order valence-electron chi connectivity index (χ3n) is 3.64. The van der Waals surface area contributed by atoms with Gasteiger partial charge in [-0.1, -0.05) is 0 Å². The number of nitrogens with one attached hydrogen (secondary N) is 1. The molecule has 0 unspecified atom stereocenters. The van der Waals surface area contributed by atoms with Gasteiger partial charge < -0.3 is 15.8 Å². The van der Waals surface area contributed by atoms with Crippen LogP contribution >= 0.6 is 0 Å². The lowest BCUT2D eigenvalue weighted by molar-refractivity contribution is -0.116. The predicted molar refractivity (Wildman–Crippen MR) is 95.2 cm³/mol. The van der Waals surface area contributed by atoms with Gasteiger partial charge in [0.15, 0.2) is 0 Å². The van der Waals surface area contributed by atoms with Gasteiger partial charge in [-0.25, -0.2) is 4.79 Å². The van der Waals surface area contributed by atoms with Gasteiger partial charge >= 0.3 is 5.97 Å². The van der Waals surface area contributed by atoms with Crippen molar-refractivity contribution < 1.29 is 14.3 Å². The highest BCUT2D eigenvalue weighted by Gasteiger charge is 2.10. The van der Waals surface area contributed by atoms with Crippen molar-refractivity contribution in [1.29, 1.82) is 0 Å². The molecule has 7 heteroatoms. The highest BCUT2D eigenvalue weighted by atomic mass is 16.5. The molecule has 0 aliphatic carbocycles. The monoisotopic (exact) mass is 338 g/mol. The molecule has 3 rings (SSSR count). The Labute approximate surface area is 144 Å². The van der Waals surface area contributed by atoms with E-state index < -0.39 is 0 Å². The molecule has 0 spiro atoms. The fraction of sp³-hybridized carbons (Fsp3) is 0.167. The van der Waals surface area contributed by atoms with Crippen LogP contribution in [-0.4, -0.2) is 28.3 Å². The number of carbonyl (C=O) groups excluding carboxylic acids is 2. The standard InChI is InChI=1S/C18H18N4O3/c1-2-25-18(24)12-4-7-15(8-5-12)21-17(23)11-22-16-9-14(19)6-3-13(16)10-20-22/h3-10H,2,11,19H2,1H3,(H,21,23). The minimum atomic E-state index is -0.388. The molecule has 0 aliphatic heterocycles. The molecule has 0 saturated heterocycles. The van der Waals surface area contributed by atoms with E-state index in [4.69, 9.17) is 10.5 Å². The maximum absolute atomic E-state index is 12.2. The van der Waals surface area contributed by atoms with Gasteiger partial charge in [0, 0.05) is 16.8 Å². The number of hydrogen-bond acceptors (Lipinski definition) is 5. The second kappa shape index (κ2) is 7.04. The molecular formula is C18H18N4O3. The van der Waals surface area contributed by atoms with E-state index in [2.05, 4.69) is 10.4 Å². The first-order chi connectivity index (χ1) is 12.1. The summed E-state index contributed by atoms with van der Waals surface area (Å²) >= 11 is 0. The molecule has 0 aliphatic rings. The molecule has 7 nitrogen and oxygen atoms in total. The van der Waals surface area contributed by atoms with E-state index in [9.17, 15) is 9.59 Å². The van der Waals surface area contributed by atoms with Crippen LogP contribution in [0.4, 0.5) is 11.4 Å². The van der Waals surface area contributed by atoms with Gasteiger partial charge in [-0.05, 0) is 49.4 Å². The summed E-state index contributed by atoms with van der Waals surface area (Å²) in [5, 5.41) is 7.91. The van der Waals surface area contributed by atoms with Crippen LogP contribution < -0.4 is 11.1 Å². The molecule has 25 heavy (non-hydrogen) atoms. The number of nitrogen functional groups attached to an aromatic ring is 1. The van der Waals surface area contributed by atoms with E-state index in [1.807, 2.05) is 6.07 Å². The second-order valence-corrected chi connectivity index (χ2v) is 5.47. The number of ether oxygens (including phenoxy) is 1. The van der Waals surface area contributed by atoms with Crippen LogP contribution in [0.1, 0.15) is 17.3 Å². The lowest BCUT2D eigenvalue weighted by Crippen LogP contribution is -2.19. The van der Waals surface area contributed by atoms with E-state index >= 15 is 0 Å². The minimum Gasteiger partial charge on any atom is -0.462 e. The van der Waals surface area contributed by atoms with Crippen molar-refractivity contribution in [3.05, 3.63) is 54.2 Å². The zero-order chi connectivity index (χ0) is 17.8. The molecule has 128 valence electrons. The summed E-state index contributed by atoms with van der Waals surface area (Å²) in [4.78, 5) is 23.8. The van der Waals surface area contributed by atoms with Gasteiger partial charge in [0.2, 0.25) is 5.91 Å². The molecule has 1 aromatic heterocycles. The van der Waals surface area contributed by atoms with Gasteiger partial charge in [-0.15, -0.1) is 0 Å².